The molecule has 0 aromatic carbocycles. The van der Waals surface area contributed by atoms with Gasteiger partial charge in [-0.3, -0.25) is 19.5 Å². The average Bonchev–Trinajstić information content (AvgIpc) is 3.56. The molecule has 29 heavy (non-hydrogen) atoms. The van der Waals surface area contributed by atoms with Gasteiger partial charge in [-0.25, -0.2) is 0 Å². The van der Waals surface area contributed by atoms with E-state index in [0.717, 1.165) is 70.4 Å². The summed E-state index contributed by atoms with van der Waals surface area (Å²) in [6.45, 7) is 4.98. The van der Waals surface area contributed by atoms with E-state index in [1.165, 1.54) is 0 Å². The van der Waals surface area contributed by atoms with Crippen LogP contribution in [0.5, 0.6) is 0 Å². The van der Waals surface area contributed by atoms with Crippen LogP contribution >= 0.6 is 0 Å². The van der Waals surface area contributed by atoms with Gasteiger partial charge in [0.05, 0.1) is 5.92 Å². The Bertz CT molecular complexity index is 731. The Hall–Kier alpha value is -1.99. The summed E-state index contributed by atoms with van der Waals surface area (Å²) in [6.07, 6.45) is 7.43. The maximum Gasteiger partial charge on any atom is 0.270 e. The molecule has 1 aliphatic carbocycles. The van der Waals surface area contributed by atoms with Crippen molar-refractivity contribution in [2.45, 2.75) is 63.6 Å². The number of rotatable bonds is 5. The van der Waals surface area contributed by atoms with Gasteiger partial charge in [0.25, 0.3) is 5.91 Å². The first-order valence-corrected chi connectivity index (χ1v) is 10.9. The molecule has 2 atom stereocenters. The Balaban J connectivity index is 1.45. The number of hydrogen-bond donors (Lipinski definition) is 2. The zero-order valence-electron chi connectivity index (χ0n) is 17.2. The first kappa shape index (κ1) is 20.3. The van der Waals surface area contributed by atoms with Crippen LogP contribution < -0.4 is 10.6 Å². The topological polar surface area (TPSA) is 83.6 Å². The number of pyridine rings is 1. The van der Waals surface area contributed by atoms with Gasteiger partial charge in [0, 0.05) is 50.6 Å². The van der Waals surface area contributed by atoms with Crippen LogP contribution in [-0.2, 0) is 9.53 Å². The van der Waals surface area contributed by atoms with Crippen LogP contribution in [0.15, 0.2) is 18.3 Å². The molecule has 2 aliphatic heterocycles. The molecular weight excluding hydrogens is 368 g/mol. The summed E-state index contributed by atoms with van der Waals surface area (Å²) in [5.41, 5.74) is 1.36. The van der Waals surface area contributed by atoms with Gasteiger partial charge in [0.1, 0.15) is 5.69 Å². The summed E-state index contributed by atoms with van der Waals surface area (Å²) in [5, 5.41) is 6.37. The van der Waals surface area contributed by atoms with E-state index < -0.39 is 0 Å². The van der Waals surface area contributed by atoms with Crippen LogP contribution in [-0.4, -0.2) is 66.1 Å². The zero-order valence-corrected chi connectivity index (χ0v) is 17.2. The lowest BCUT2D eigenvalue weighted by Crippen LogP contribution is -2.49. The molecule has 0 bridgehead atoms. The minimum Gasteiger partial charge on any atom is -0.381 e. The summed E-state index contributed by atoms with van der Waals surface area (Å²) in [7, 11) is 0. The number of carbonyl (C=O) groups is 2. The van der Waals surface area contributed by atoms with Crippen molar-refractivity contribution in [3.05, 3.63) is 29.6 Å². The highest BCUT2D eigenvalue weighted by Crippen LogP contribution is 2.25. The van der Waals surface area contributed by atoms with Crippen molar-refractivity contribution in [1.29, 1.82) is 0 Å². The largest absolute Gasteiger partial charge is 0.381 e. The molecule has 4 rings (SSSR count). The van der Waals surface area contributed by atoms with Crippen molar-refractivity contribution in [2.24, 2.45) is 5.92 Å². The predicted octanol–water partition coefficient (Wildman–Crippen LogP) is 1.66. The summed E-state index contributed by atoms with van der Waals surface area (Å²) < 4.78 is 5.54. The van der Waals surface area contributed by atoms with Crippen LogP contribution in [0, 0.1) is 12.8 Å². The van der Waals surface area contributed by atoms with Crippen LogP contribution in [0.3, 0.4) is 0 Å². The van der Waals surface area contributed by atoms with Crippen LogP contribution in [0.2, 0.25) is 0 Å². The van der Waals surface area contributed by atoms with E-state index >= 15 is 0 Å². The summed E-state index contributed by atoms with van der Waals surface area (Å²) in [6, 6.07) is 4.56. The predicted molar refractivity (Wildman–Crippen MR) is 110 cm³/mol. The minimum atomic E-state index is -0.124. The SMILES string of the molecule is Cc1cccnc1C(=O)N[C@H]1CC[C@@H](C(=O)NC2CC2)CN(C2CCOCC2)C1. The number of aromatic nitrogens is 1. The lowest BCUT2D eigenvalue weighted by Gasteiger charge is -2.36. The molecule has 3 aliphatic rings. The average molecular weight is 401 g/mol. The molecule has 158 valence electrons. The fourth-order valence-electron chi connectivity index (χ4n) is 4.43. The second-order valence-corrected chi connectivity index (χ2v) is 8.69. The third-order valence-electron chi connectivity index (χ3n) is 6.33. The second-order valence-electron chi connectivity index (χ2n) is 8.69. The smallest absolute Gasteiger partial charge is 0.270 e. The quantitative estimate of drug-likeness (QED) is 0.785. The normalized spacial score (nSPS) is 26.5. The highest BCUT2D eigenvalue weighted by atomic mass is 16.5. The molecule has 7 heteroatoms. The Morgan fingerprint density at radius 3 is 2.52 bits per heavy atom. The molecule has 1 saturated carbocycles. The van der Waals surface area contributed by atoms with Gasteiger partial charge in [-0.1, -0.05) is 6.07 Å². The van der Waals surface area contributed by atoms with Crippen molar-refractivity contribution in [3.8, 4) is 0 Å². The van der Waals surface area contributed by atoms with Gasteiger partial charge in [-0.15, -0.1) is 0 Å². The first-order valence-electron chi connectivity index (χ1n) is 10.9. The van der Waals surface area contributed by atoms with E-state index in [4.69, 9.17) is 4.74 Å². The molecule has 2 amide bonds. The van der Waals surface area contributed by atoms with E-state index in [1.807, 2.05) is 19.1 Å². The number of carbonyl (C=O) groups excluding carboxylic acids is 2. The Morgan fingerprint density at radius 1 is 1.03 bits per heavy atom. The standard InChI is InChI=1S/C22H32N4O3/c1-15-3-2-10-23-20(15)22(28)25-18-5-4-16(21(27)24-17-6-7-17)13-26(14-18)19-8-11-29-12-9-19/h2-3,10,16-19H,4-9,11-14H2,1H3,(H,24,27)(H,25,28)/t16-,18+/m1/s1. The first-order chi connectivity index (χ1) is 14.1. The van der Waals surface area contributed by atoms with E-state index in [2.05, 4.69) is 20.5 Å². The fraction of sp³-hybridized carbons (Fsp3) is 0.682. The highest BCUT2D eigenvalue weighted by Gasteiger charge is 2.35. The van der Waals surface area contributed by atoms with Crippen LogP contribution in [0.4, 0.5) is 0 Å². The lowest BCUT2D eigenvalue weighted by molar-refractivity contribution is -0.126. The summed E-state index contributed by atoms with van der Waals surface area (Å²) in [4.78, 5) is 32.2. The number of likely N-dealkylation sites (tertiary alicyclic amines) is 1. The molecule has 7 nitrogen and oxygen atoms in total. The van der Waals surface area contributed by atoms with Crippen molar-refractivity contribution in [1.82, 2.24) is 20.5 Å². The molecule has 1 aromatic heterocycles. The van der Waals surface area contributed by atoms with Crippen molar-refractivity contribution in [3.63, 3.8) is 0 Å². The van der Waals surface area contributed by atoms with Crippen molar-refractivity contribution >= 4 is 11.8 Å². The van der Waals surface area contributed by atoms with Crippen molar-refractivity contribution < 1.29 is 14.3 Å². The van der Waals surface area contributed by atoms with Crippen LogP contribution in [0.25, 0.3) is 0 Å². The number of amides is 2. The molecule has 2 N–H and O–H groups in total. The van der Waals surface area contributed by atoms with E-state index in [9.17, 15) is 9.59 Å². The van der Waals surface area contributed by atoms with Gasteiger partial charge in [0.15, 0.2) is 0 Å². The Labute approximate surface area is 172 Å². The number of hydrogen-bond acceptors (Lipinski definition) is 5. The van der Waals surface area contributed by atoms with E-state index in [1.54, 1.807) is 6.20 Å². The number of nitrogens with one attached hydrogen (secondary N) is 2. The maximum absolute atomic E-state index is 12.8. The van der Waals surface area contributed by atoms with Gasteiger partial charge in [-0.2, -0.15) is 0 Å². The number of nitrogens with zero attached hydrogens (tertiary/aromatic N) is 2. The summed E-state index contributed by atoms with van der Waals surface area (Å²) >= 11 is 0. The van der Waals surface area contributed by atoms with E-state index in [0.29, 0.717) is 17.8 Å². The molecule has 2 saturated heterocycles. The highest BCUT2D eigenvalue weighted by molar-refractivity contribution is 5.93. The zero-order chi connectivity index (χ0) is 20.2. The second kappa shape index (κ2) is 9.22. The maximum atomic E-state index is 12.8. The van der Waals surface area contributed by atoms with Gasteiger partial charge < -0.3 is 15.4 Å². The molecule has 0 unspecified atom stereocenters. The Morgan fingerprint density at radius 2 is 1.79 bits per heavy atom. The molecular formula is C22H32N4O3. The lowest BCUT2D eigenvalue weighted by atomic mass is 10.00. The van der Waals surface area contributed by atoms with Gasteiger partial charge in [0.2, 0.25) is 5.91 Å². The van der Waals surface area contributed by atoms with Crippen molar-refractivity contribution in [2.75, 3.05) is 26.3 Å². The third-order valence-corrected chi connectivity index (χ3v) is 6.33. The van der Waals surface area contributed by atoms with Gasteiger partial charge >= 0.3 is 0 Å². The monoisotopic (exact) mass is 400 g/mol. The number of aryl methyl sites for hydroxylation is 1. The van der Waals surface area contributed by atoms with Gasteiger partial charge in [-0.05, 0) is 57.1 Å². The van der Waals surface area contributed by atoms with E-state index in [-0.39, 0.29) is 23.8 Å². The Kier molecular flexibility index (Phi) is 6.45. The molecule has 0 spiro atoms. The molecule has 3 fully saturated rings. The minimum absolute atomic E-state index is 0.0167. The fourth-order valence-corrected chi connectivity index (χ4v) is 4.43. The third kappa shape index (κ3) is 5.34. The molecule has 3 heterocycles. The molecule has 1 aromatic rings. The summed E-state index contributed by atoms with van der Waals surface area (Å²) in [5.74, 6) is 0.0370. The number of ether oxygens (including phenoxy) is 1. The van der Waals surface area contributed by atoms with Crippen LogP contribution in [0.1, 0.15) is 54.6 Å². The molecule has 0 radical (unpaired) electrons.